The minimum Gasteiger partial charge on any atom is -0.450 e. The van der Waals surface area contributed by atoms with Crippen molar-refractivity contribution in [2.24, 2.45) is 0 Å². The normalized spacial score (nSPS) is 17.2. The van der Waals surface area contributed by atoms with Crippen LogP contribution in [0.25, 0.3) is 6.08 Å². The molecular formula is C25H27N3O4S. The molecule has 1 fully saturated rings. The number of carbonyl (C=O) groups excluding carboxylic acids is 3. The molecular weight excluding hydrogens is 438 g/mol. The maximum Gasteiger partial charge on any atom is 0.409 e. The van der Waals surface area contributed by atoms with E-state index in [-0.39, 0.29) is 17.9 Å². The summed E-state index contributed by atoms with van der Waals surface area (Å²) in [6.45, 7) is 5.90. The molecule has 0 radical (unpaired) electrons. The fourth-order valence-corrected chi connectivity index (χ4v) is 5.02. The van der Waals surface area contributed by atoms with Crippen LogP contribution in [0, 0.1) is 6.92 Å². The Bertz CT molecular complexity index is 1120. The Balaban J connectivity index is 1.50. The summed E-state index contributed by atoms with van der Waals surface area (Å²) in [5, 5.41) is 0. The van der Waals surface area contributed by atoms with Gasteiger partial charge in [0.25, 0.3) is 11.8 Å². The van der Waals surface area contributed by atoms with Crippen molar-refractivity contribution in [2.75, 3.05) is 44.7 Å². The van der Waals surface area contributed by atoms with E-state index in [2.05, 4.69) is 0 Å². The van der Waals surface area contributed by atoms with Crippen LogP contribution in [-0.4, -0.2) is 67.5 Å². The topological polar surface area (TPSA) is 70.2 Å². The number of nitrogens with zero attached hydrogens (tertiary/aromatic N) is 3. The van der Waals surface area contributed by atoms with E-state index >= 15 is 0 Å². The number of carbonyl (C=O) groups is 3. The highest BCUT2D eigenvalue weighted by Gasteiger charge is 2.29. The second kappa shape index (κ2) is 9.70. The number of benzene rings is 2. The molecule has 7 nitrogen and oxygen atoms in total. The summed E-state index contributed by atoms with van der Waals surface area (Å²) in [5.74, 6) is -0.199. The average molecular weight is 466 g/mol. The van der Waals surface area contributed by atoms with Crippen LogP contribution in [0.5, 0.6) is 0 Å². The van der Waals surface area contributed by atoms with E-state index in [9.17, 15) is 14.4 Å². The molecule has 0 N–H and O–H groups in total. The number of ether oxygens (including phenoxy) is 1. The molecule has 0 aromatic heterocycles. The van der Waals surface area contributed by atoms with Gasteiger partial charge in [0.2, 0.25) is 0 Å². The lowest BCUT2D eigenvalue weighted by molar-refractivity contribution is -0.114. The van der Waals surface area contributed by atoms with Gasteiger partial charge in [0.05, 0.1) is 17.2 Å². The number of likely N-dealkylation sites (N-methyl/N-ethyl adjacent to an activating group) is 1. The molecule has 2 aromatic carbocycles. The highest BCUT2D eigenvalue weighted by molar-refractivity contribution is 8.04. The number of hydrogen-bond donors (Lipinski definition) is 0. The first-order chi connectivity index (χ1) is 15.9. The fourth-order valence-electron chi connectivity index (χ4n) is 3.93. The lowest BCUT2D eigenvalue weighted by Gasteiger charge is -2.34. The molecule has 0 spiro atoms. The summed E-state index contributed by atoms with van der Waals surface area (Å²) in [7, 11) is 1.73. The van der Waals surface area contributed by atoms with Crippen LogP contribution in [0.3, 0.4) is 0 Å². The van der Waals surface area contributed by atoms with Crippen LogP contribution in [-0.2, 0) is 9.53 Å². The van der Waals surface area contributed by atoms with Gasteiger partial charge in [0.15, 0.2) is 0 Å². The molecule has 1 saturated heterocycles. The number of amides is 3. The van der Waals surface area contributed by atoms with E-state index < -0.39 is 0 Å². The highest BCUT2D eigenvalue weighted by Crippen LogP contribution is 2.42. The molecule has 0 bridgehead atoms. The van der Waals surface area contributed by atoms with Gasteiger partial charge in [-0.1, -0.05) is 41.6 Å². The third kappa shape index (κ3) is 4.90. The average Bonchev–Trinajstić information content (AvgIpc) is 2.82. The number of anilines is 1. The predicted octanol–water partition coefficient (Wildman–Crippen LogP) is 4.02. The maximum atomic E-state index is 13.1. The van der Waals surface area contributed by atoms with Crippen molar-refractivity contribution < 1.29 is 19.1 Å². The molecule has 0 saturated carbocycles. The first kappa shape index (κ1) is 22.9. The smallest absolute Gasteiger partial charge is 0.409 e. The van der Waals surface area contributed by atoms with Crippen molar-refractivity contribution in [1.29, 1.82) is 0 Å². The van der Waals surface area contributed by atoms with Crippen LogP contribution >= 0.6 is 11.8 Å². The van der Waals surface area contributed by atoms with Crippen LogP contribution in [0.4, 0.5) is 10.5 Å². The Morgan fingerprint density at radius 3 is 2.48 bits per heavy atom. The molecule has 3 amide bonds. The van der Waals surface area contributed by atoms with Gasteiger partial charge in [-0.15, -0.1) is 0 Å². The minimum absolute atomic E-state index is 0.0957. The number of rotatable bonds is 3. The molecule has 4 rings (SSSR count). The molecule has 0 atom stereocenters. The second-order valence-electron chi connectivity index (χ2n) is 8.05. The monoisotopic (exact) mass is 465 g/mol. The van der Waals surface area contributed by atoms with Gasteiger partial charge in [-0.2, -0.15) is 0 Å². The zero-order valence-electron chi connectivity index (χ0n) is 19.0. The van der Waals surface area contributed by atoms with Gasteiger partial charge in [-0.25, -0.2) is 4.79 Å². The Labute approximate surface area is 198 Å². The molecule has 2 aromatic rings. The summed E-state index contributed by atoms with van der Waals surface area (Å²) in [5.41, 5.74) is 3.38. The van der Waals surface area contributed by atoms with Crippen LogP contribution in [0.2, 0.25) is 0 Å². The zero-order chi connectivity index (χ0) is 23.5. The molecule has 2 aliphatic heterocycles. The van der Waals surface area contributed by atoms with Crippen molar-refractivity contribution in [2.45, 2.75) is 18.7 Å². The number of hydrogen-bond acceptors (Lipinski definition) is 5. The molecule has 8 heteroatoms. The molecule has 2 aliphatic rings. The molecule has 172 valence electrons. The van der Waals surface area contributed by atoms with E-state index in [1.54, 1.807) is 40.8 Å². The number of thioether (sulfide) groups is 1. The lowest BCUT2D eigenvalue weighted by Crippen LogP contribution is -2.50. The van der Waals surface area contributed by atoms with Gasteiger partial charge in [-0.3, -0.25) is 9.59 Å². The Morgan fingerprint density at radius 1 is 1.06 bits per heavy atom. The van der Waals surface area contributed by atoms with E-state index in [4.69, 9.17) is 4.74 Å². The van der Waals surface area contributed by atoms with Gasteiger partial charge < -0.3 is 19.4 Å². The predicted molar refractivity (Wildman–Crippen MR) is 129 cm³/mol. The quantitative estimate of drug-likeness (QED) is 0.641. The summed E-state index contributed by atoms with van der Waals surface area (Å²) in [4.78, 5) is 44.5. The number of piperazine rings is 1. The second-order valence-corrected chi connectivity index (χ2v) is 9.13. The van der Waals surface area contributed by atoms with Crippen molar-refractivity contribution in [3.63, 3.8) is 0 Å². The van der Waals surface area contributed by atoms with E-state index in [1.165, 1.54) is 11.8 Å². The van der Waals surface area contributed by atoms with Gasteiger partial charge >= 0.3 is 6.09 Å². The third-order valence-corrected chi connectivity index (χ3v) is 6.81. The van der Waals surface area contributed by atoms with Crippen LogP contribution < -0.4 is 4.90 Å². The molecule has 33 heavy (non-hydrogen) atoms. The Morgan fingerprint density at radius 2 is 1.79 bits per heavy atom. The number of aryl methyl sites for hydroxylation is 1. The standard InChI is InChI=1S/C25H27N3O4S/c1-4-32-25(31)28-12-10-27(11-13-28)23(29)19-8-9-21-20(16-19)26(3)24(30)22(33-21)15-18-7-5-6-17(2)14-18/h5-9,14-16H,4,10-13H2,1-3H3/b22-15-. The molecule has 0 unspecified atom stereocenters. The summed E-state index contributed by atoms with van der Waals surface area (Å²) in [6.07, 6.45) is 1.56. The summed E-state index contributed by atoms with van der Waals surface area (Å²) < 4.78 is 5.04. The maximum absolute atomic E-state index is 13.1. The van der Waals surface area contributed by atoms with Crippen molar-refractivity contribution >= 4 is 41.4 Å². The summed E-state index contributed by atoms with van der Waals surface area (Å²) in [6, 6.07) is 13.5. The SMILES string of the molecule is CCOC(=O)N1CCN(C(=O)c2ccc3c(c2)N(C)C(=O)/C(=C/c2cccc(C)c2)S3)CC1. The van der Waals surface area contributed by atoms with Gasteiger partial charge in [0, 0.05) is 43.7 Å². The Kier molecular flexibility index (Phi) is 6.74. The van der Waals surface area contributed by atoms with Crippen LogP contribution in [0.15, 0.2) is 52.3 Å². The first-order valence-corrected chi connectivity index (χ1v) is 11.8. The molecule has 2 heterocycles. The number of fused-ring (bicyclic) bond motifs is 1. The summed E-state index contributed by atoms with van der Waals surface area (Å²) >= 11 is 1.42. The minimum atomic E-state index is -0.343. The van der Waals surface area contributed by atoms with Crippen molar-refractivity contribution in [3.05, 3.63) is 64.1 Å². The fraction of sp³-hybridized carbons (Fsp3) is 0.320. The van der Waals surface area contributed by atoms with Crippen molar-refractivity contribution in [3.8, 4) is 0 Å². The van der Waals surface area contributed by atoms with E-state index in [1.807, 2.05) is 43.3 Å². The van der Waals surface area contributed by atoms with E-state index in [0.29, 0.717) is 43.3 Å². The first-order valence-electron chi connectivity index (χ1n) is 11.0. The zero-order valence-corrected chi connectivity index (χ0v) is 19.9. The molecule has 0 aliphatic carbocycles. The van der Waals surface area contributed by atoms with Gasteiger partial charge in [0.1, 0.15) is 0 Å². The van der Waals surface area contributed by atoms with Gasteiger partial charge in [-0.05, 0) is 43.7 Å². The van der Waals surface area contributed by atoms with Crippen LogP contribution in [0.1, 0.15) is 28.4 Å². The van der Waals surface area contributed by atoms with E-state index in [0.717, 1.165) is 21.7 Å². The van der Waals surface area contributed by atoms with Crippen molar-refractivity contribution in [1.82, 2.24) is 9.80 Å². The third-order valence-electron chi connectivity index (χ3n) is 5.74. The lowest BCUT2D eigenvalue weighted by atomic mass is 10.1. The largest absolute Gasteiger partial charge is 0.450 e. The highest BCUT2D eigenvalue weighted by atomic mass is 32.2. The Hall–Kier alpha value is -3.26.